The zero-order valence-electron chi connectivity index (χ0n) is 10.4. The third-order valence-electron chi connectivity index (χ3n) is 2.69. The number of hydrogen-bond donors (Lipinski definition) is 1. The third-order valence-corrected chi connectivity index (χ3v) is 4.48. The second-order valence-electron chi connectivity index (χ2n) is 4.07. The van der Waals surface area contributed by atoms with Crippen LogP contribution in [0.25, 0.3) is 0 Å². The molecule has 0 saturated heterocycles. The van der Waals surface area contributed by atoms with Crippen LogP contribution in [0.2, 0.25) is 0 Å². The van der Waals surface area contributed by atoms with E-state index in [0.717, 1.165) is 11.1 Å². The first-order valence-corrected chi connectivity index (χ1v) is 7.66. The molecular formula is C12H14ClN3O2S. The number of aryl methyl sites for hydroxylation is 1. The van der Waals surface area contributed by atoms with Crippen LogP contribution in [0.4, 0.5) is 0 Å². The SMILES string of the molecule is Cn1nccc1S(=O)(=O)NCc1ccc(CCl)cc1. The lowest BCUT2D eigenvalue weighted by Crippen LogP contribution is -2.25. The van der Waals surface area contributed by atoms with Crippen molar-refractivity contribution in [1.82, 2.24) is 14.5 Å². The molecule has 1 aromatic carbocycles. The molecule has 0 amide bonds. The molecule has 1 heterocycles. The minimum absolute atomic E-state index is 0.143. The first-order chi connectivity index (χ1) is 9.03. The van der Waals surface area contributed by atoms with Crippen LogP contribution in [0.3, 0.4) is 0 Å². The van der Waals surface area contributed by atoms with Crippen LogP contribution < -0.4 is 4.72 Å². The highest BCUT2D eigenvalue weighted by Gasteiger charge is 2.17. The summed E-state index contributed by atoms with van der Waals surface area (Å²) in [5, 5.41) is 3.99. The van der Waals surface area contributed by atoms with Crippen molar-refractivity contribution < 1.29 is 8.42 Å². The van der Waals surface area contributed by atoms with Gasteiger partial charge >= 0.3 is 0 Å². The first kappa shape index (κ1) is 14.0. The third kappa shape index (κ3) is 3.34. The summed E-state index contributed by atoms with van der Waals surface area (Å²) in [7, 11) is -1.95. The molecule has 102 valence electrons. The van der Waals surface area contributed by atoms with E-state index < -0.39 is 10.0 Å². The maximum Gasteiger partial charge on any atom is 0.258 e. The van der Waals surface area contributed by atoms with E-state index in [-0.39, 0.29) is 11.6 Å². The quantitative estimate of drug-likeness (QED) is 0.854. The largest absolute Gasteiger partial charge is 0.258 e. The standard InChI is InChI=1S/C12H14ClN3O2S/c1-16-12(6-7-14-16)19(17,18)15-9-11-4-2-10(8-13)3-5-11/h2-7,15H,8-9H2,1H3. The molecule has 0 bridgehead atoms. The molecule has 0 aliphatic heterocycles. The van der Waals surface area contributed by atoms with E-state index in [9.17, 15) is 8.42 Å². The van der Waals surface area contributed by atoms with Gasteiger partial charge in [-0.05, 0) is 17.2 Å². The number of aromatic nitrogens is 2. The Hall–Kier alpha value is -1.37. The molecule has 0 radical (unpaired) electrons. The second-order valence-corrected chi connectivity index (χ2v) is 6.05. The van der Waals surface area contributed by atoms with Crippen molar-refractivity contribution >= 4 is 21.6 Å². The van der Waals surface area contributed by atoms with Gasteiger partial charge in [-0.25, -0.2) is 13.1 Å². The molecule has 0 spiro atoms. The van der Waals surface area contributed by atoms with Gasteiger partial charge in [-0.3, -0.25) is 4.68 Å². The van der Waals surface area contributed by atoms with Crippen molar-refractivity contribution in [1.29, 1.82) is 0 Å². The lowest BCUT2D eigenvalue weighted by molar-refractivity contribution is 0.563. The predicted molar refractivity (Wildman–Crippen MR) is 73.2 cm³/mol. The van der Waals surface area contributed by atoms with Crippen LogP contribution in [0.15, 0.2) is 41.6 Å². The molecule has 19 heavy (non-hydrogen) atoms. The predicted octanol–water partition coefficient (Wildman–Crippen LogP) is 1.64. The summed E-state index contributed by atoms with van der Waals surface area (Å²) in [6, 6.07) is 8.91. The fourth-order valence-electron chi connectivity index (χ4n) is 1.62. The lowest BCUT2D eigenvalue weighted by atomic mass is 10.1. The van der Waals surface area contributed by atoms with E-state index in [1.165, 1.54) is 16.9 Å². The van der Waals surface area contributed by atoms with Gasteiger partial charge in [-0.2, -0.15) is 5.10 Å². The summed E-state index contributed by atoms with van der Waals surface area (Å²) in [5.74, 6) is 0.445. The van der Waals surface area contributed by atoms with E-state index >= 15 is 0 Å². The van der Waals surface area contributed by atoms with E-state index in [0.29, 0.717) is 5.88 Å². The lowest BCUT2D eigenvalue weighted by Gasteiger charge is -2.07. The van der Waals surface area contributed by atoms with E-state index in [2.05, 4.69) is 9.82 Å². The number of rotatable bonds is 5. The van der Waals surface area contributed by atoms with Crippen molar-refractivity contribution in [2.45, 2.75) is 17.5 Å². The average molecular weight is 300 g/mol. The molecule has 1 N–H and O–H groups in total. The molecule has 0 unspecified atom stereocenters. The molecule has 0 aliphatic rings. The fourth-order valence-corrected chi connectivity index (χ4v) is 2.94. The second kappa shape index (κ2) is 5.73. The number of benzene rings is 1. The zero-order chi connectivity index (χ0) is 13.9. The van der Waals surface area contributed by atoms with Crippen molar-refractivity contribution in [3.63, 3.8) is 0 Å². The molecule has 2 aromatic rings. The average Bonchev–Trinajstić information content (AvgIpc) is 2.84. The highest BCUT2D eigenvalue weighted by Crippen LogP contribution is 2.09. The monoisotopic (exact) mass is 299 g/mol. The van der Waals surface area contributed by atoms with Crippen molar-refractivity contribution in [3.05, 3.63) is 47.7 Å². The molecule has 1 aromatic heterocycles. The van der Waals surface area contributed by atoms with E-state index in [1.54, 1.807) is 7.05 Å². The first-order valence-electron chi connectivity index (χ1n) is 5.64. The molecule has 0 saturated carbocycles. The number of halogens is 1. The van der Waals surface area contributed by atoms with Gasteiger partial charge in [-0.1, -0.05) is 24.3 Å². The molecular weight excluding hydrogens is 286 g/mol. The van der Waals surface area contributed by atoms with E-state index in [4.69, 9.17) is 11.6 Å². The Kier molecular flexibility index (Phi) is 4.24. The number of hydrogen-bond acceptors (Lipinski definition) is 3. The smallest absolute Gasteiger partial charge is 0.256 e. The highest BCUT2D eigenvalue weighted by molar-refractivity contribution is 7.89. The Morgan fingerprint density at radius 2 is 1.84 bits per heavy atom. The molecule has 7 heteroatoms. The van der Waals surface area contributed by atoms with Gasteiger partial charge in [0.05, 0.1) is 6.20 Å². The van der Waals surface area contributed by atoms with Crippen LogP contribution in [0.1, 0.15) is 11.1 Å². The van der Waals surface area contributed by atoms with Crippen LogP contribution in [-0.4, -0.2) is 18.2 Å². The van der Waals surface area contributed by atoms with Crippen LogP contribution >= 0.6 is 11.6 Å². The van der Waals surface area contributed by atoms with Crippen molar-refractivity contribution in [2.75, 3.05) is 0 Å². The van der Waals surface area contributed by atoms with Gasteiger partial charge in [0.15, 0.2) is 5.03 Å². The molecule has 2 rings (SSSR count). The Morgan fingerprint density at radius 1 is 1.21 bits per heavy atom. The van der Waals surface area contributed by atoms with Gasteiger partial charge in [0.25, 0.3) is 10.0 Å². The van der Waals surface area contributed by atoms with Crippen LogP contribution in [-0.2, 0) is 29.5 Å². The van der Waals surface area contributed by atoms with Crippen molar-refractivity contribution in [3.8, 4) is 0 Å². The Morgan fingerprint density at radius 3 is 2.37 bits per heavy atom. The summed E-state index contributed by atoms with van der Waals surface area (Å²) in [6.45, 7) is 0.232. The highest BCUT2D eigenvalue weighted by atomic mass is 35.5. The maximum atomic E-state index is 12.0. The molecule has 0 atom stereocenters. The van der Waals surface area contributed by atoms with E-state index in [1.807, 2.05) is 24.3 Å². The van der Waals surface area contributed by atoms with Gasteiger partial charge in [0, 0.05) is 19.5 Å². The van der Waals surface area contributed by atoms with Crippen LogP contribution in [0.5, 0.6) is 0 Å². The summed E-state index contributed by atoms with van der Waals surface area (Å²) < 4.78 is 27.9. The molecule has 0 fully saturated rings. The number of nitrogens with one attached hydrogen (secondary N) is 1. The topological polar surface area (TPSA) is 64.0 Å². The van der Waals surface area contributed by atoms with Crippen molar-refractivity contribution in [2.24, 2.45) is 7.05 Å². The Labute approximate surface area is 117 Å². The van der Waals surface area contributed by atoms with Crippen LogP contribution in [0, 0.1) is 0 Å². The Bertz CT molecular complexity index is 650. The maximum absolute atomic E-state index is 12.0. The minimum Gasteiger partial charge on any atom is -0.256 e. The van der Waals surface area contributed by atoms with Gasteiger partial charge in [0.1, 0.15) is 0 Å². The normalized spacial score (nSPS) is 11.7. The zero-order valence-corrected chi connectivity index (χ0v) is 11.9. The molecule has 5 nitrogen and oxygen atoms in total. The number of sulfonamides is 1. The van der Waals surface area contributed by atoms with Gasteiger partial charge in [0.2, 0.25) is 0 Å². The summed E-state index contributed by atoms with van der Waals surface area (Å²) in [5.41, 5.74) is 1.87. The number of alkyl halides is 1. The van der Waals surface area contributed by atoms with Gasteiger partial charge < -0.3 is 0 Å². The van der Waals surface area contributed by atoms with Gasteiger partial charge in [-0.15, -0.1) is 11.6 Å². The fraction of sp³-hybridized carbons (Fsp3) is 0.250. The number of nitrogens with zero attached hydrogens (tertiary/aromatic N) is 2. The molecule has 0 aliphatic carbocycles. The summed E-state index contributed by atoms with van der Waals surface area (Å²) in [4.78, 5) is 0. The summed E-state index contributed by atoms with van der Waals surface area (Å²) >= 11 is 5.69. The minimum atomic E-state index is -3.54. The summed E-state index contributed by atoms with van der Waals surface area (Å²) in [6.07, 6.45) is 1.45. The Balaban J connectivity index is 2.07.